The predicted molar refractivity (Wildman–Crippen MR) is 64.5 cm³/mol. The first kappa shape index (κ1) is 10.6. The van der Waals surface area contributed by atoms with E-state index in [4.69, 9.17) is 5.73 Å². The van der Waals surface area contributed by atoms with Crippen LogP contribution >= 0.6 is 27.3 Å². The van der Waals surface area contributed by atoms with E-state index in [2.05, 4.69) is 32.7 Å². The maximum atomic E-state index is 5.84. The Bertz CT molecular complexity index is 320. The first-order valence-corrected chi connectivity index (χ1v) is 6.50. The van der Waals surface area contributed by atoms with Crippen LogP contribution in [0, 0.1) is 5.41 Å². The minimum atomic E-state index is 0.332. The molecular formula is C10H15BrN2S. The van der Waals surface area contributed by atoms with Crippen molar-refractivity contribution in [3.05, 3.63) is 20.8 Å². The average molecular weight is 275 g/mol. The van der Waals surface area contributed by atoms with Crippen molar-refractivity contribution in [1.82, 2.24) is 5.32 Å². The minimum absolute atomic E-state index is 0.332. The molecule has 14 heavy (non-hydrogen) atoms. The molecule has 0 saturated heterocycles. The normalized spacial score (nSPS) is 20.8. The monoisotopic (exact) mass is 274 g/mol. The van der Waals surface area contributed by atoms with Crippen LogP contribution in [0.2, 0.25) is 0 Å². The van der Waals surface area contributed by atoms with Crippen molar-refractivity contribution < 1.29 is 0 Å². The van der Waals surface area contributed by atoms with Crippen LogP contribution in [0.25, 0.3) is 0 Å². The summed E-state index contributed by atoms with van der Waals surface area (Å²) in [6.45, 7) is 0.786. The van der Waals surface area contributed by atoms with Gasteiger partial charge in [0, 0.05) is 26.2 Å². The van der Waals surface area contributed by atoms with Crippen LogP contribution < -0.4 is 11.1 Å². The standard InChI is InChI=1S/C10H15BrN2S/c1-13-9(10(6-12)2-3-10)8-4-7(11)5-14-8/h4-5,9,13H,2-3,6,12H2,1H3. The van der Waals surface area contributed by atoms with Gasteiger partial charge < -0.3 is 11.1 Å². The Labute approximate surface area is 97.0 Å². The molecule has 1 saturated carbocycles. The predicted octanol–water partition coefficient (Wildman–Crippen LogP) is 2.51. The SMILES string of the molecule is CNC(c1cc(Br)cs1)C1(CN)CC1. The number of rotatable bonds is 4. The van der Waals surface area contributed by atoms with Crippen molar-refractivity contribution in [2.45, 2.75) is 18.9 Å². The first-order chi connectivity index (χ1) is 6.72. The summed E-state index contributed by atoms with van der Waals surface area (Å²) >= 11 is 5.29. The Morgan fingerprint density at radius 1 is 1.71 bits per heavy atom. The van der Waals surface area contributed by atoms with Crippen LogP contribution in [0.5, 0.6) is 0 Å². The van der Waals surface area contributed by atoms with Gasteiger partial charge in [-0.15, -0.1) is 11.3 Å². The molecule has 1 aromatic heterocycles. The van der Waals surface area contributed by atoms with Crippen molar-refractivity contribution in [2.24, 2.45) is 11.1 Å². The highest BCUT2D eigenvalue weighted by Gasteiger charge is 2.48. The minimum Gasteiger partial charge on any atom is -0.330 e. The summed E-state index contributed by atoms with van der Waals surface area (Å²) in [5.74, 6) is 0. The molecule has 1 fully saturated rings. The summed E-state index contributed by atoms with van der Waals surface area (Å²) in [5.41, 5.74) is 6.17. The third-order valence-electron chi connectivity index (χ3n) is 3.07. The van der Waals surface area contributed by atoms with Gasteiger partial charge in [-0.05, 0) is 48.4 Å². The van der Waals surface area contributed by atoms with Crippen LogP contribution in [-0.4, -0.2) is 13.6 Å². The van der Waals surface area contributed by atoms with E-state index in [1.807, 2.05) is 7.05 Å². The van der Waals surface area contributed by atoms with Gasteiger partial charge in [0.2, 0.25) is 0 Å². The zero-order valence-electron chi connectivity index (χ0n) is 8.22. The second-order valence-electron chi connectivity index (χ2n) is 3.96. The lowest BCUT2D eigenvalue weighted by Gasteiger charge is -2.24. The summed E-state index contributed by atoms with van der Waals surface area (Å²) in [7, 11) is 2.02. The van der Waals surface area contributed by atoms with Gasteiger partial charge in [0.1, 0.15) is 0 Å². The second kappa shape index (κ2) is 3.93. The molecule has 0 spiro atoms. The van der Waals surface area contributed by atoms with E-state index < -0.39 is 0 Å². The molecule has 2 nitrogen and oxygen atoms in total. The number of halogens is 1. The molecule has 0 aliphatic heterocycles. The van der Waals surface area contributed by atoms with Gasteiger partial charge in [-0.2, -0.15) is 0 Å². The number of nitrogens with two attached hydrogens (primary N) is 1. The Balaban J connectivity index is 2.22. The zero-order valence-corrected chi connectivity index (χ0v) is 10.6. The van der Waals surface area contributed by atoms with Crippen LogP contribution in [-0.2, 0) is 0 Å². The van der Waals surface area contributed by atoms with E-state index in [0.717, 1.165) is 6.54 Å². The fourth-order valence-electron chi connectivity index (χ4n) is 2.00. The van der Waals surface area contributed by atoms with Crippen LogP contribution in [0.3, 0.4) is 0 Å². The summed E-state index contributed by atoms with van der Waals surface area (Å²) in [4.78, 5) is 1.39. The fraction of sp³-hybridized carbons (Fsp3) is 0.600. The largest absolute Gasteiger partial charge is 0.330 e. The molecule has 3 N–H and O–H groups in total. The van der Waals surface area contributed by atoms with Crippen LogP contribution in [0.4, 0.5) is 0 Å². The molecular weight excluding hydrogens is 260 g/mol. The molecule has 1 aromatic rings. The van der Waals surface area contributed by atoms with Crippen molar-refractivity contribution >= 4 is 27.3 Å². The van der Waals surface area contributed by atoms with Crippen LogP contribution in [0.15, 0.2) is 15.9 Å². The highest BCUT2D eigenvalue weighted by Crippen LogP contribution is 2.54. The summed E-state index contributed by atoms with van der Waals surface area (Å²) in [6.07, 6.45) is 2.51. The van der Waals surface area contributed by atoms with Gasteiger partial charge in [-0.25, -0.2) is 0 Å². The Hall–Kier alpha value is 0.1000. The molecule has 1 atom stereocenters. The maximum absolute atomic E-state index is 5.84. The van der Waals surface area contributed by atoms with Crippen molar-refractivity contribution in [3.8, 4) is 0 Å². The lowest BCUT2D eigenvalue weighted by Crippen LogP contribution is -2.31. The number of hydrogen-bond donors (Lipinski definition) is 2. The number of hydrogen-bond acceptors (Lipinski definition) is 3. The highest BCUT2D eigenvalue weighted by atomic mass is 79.9. The van der Waals surface area contributed by atoms with E-state index in [9.17, 15) is 0 Å². The topological polar surface area (TPSA) is 38.0 Å². The Morgan fingerprint density at radius 3 is 2.79 bits per heavy atom. The lowest BCUT2D eigenvalue weighted by molar-refractivity contribution is 0.371. The van der Waals surface area contributed by atoms with E-state index in [1.165, 1.54) is 22.2 Å². The summed E-state index contributed by atoms with van der Waals surface area (Å²) < 4.78 is 1.17. The molecule has 1 unspecified atom stereocenters. The molecule has 0 radical (unpaired) electrons. The molecule has 1 aliphatic rings. The molecule has 1 heterocycles. The van der Waals surface area contributed by atoms with Crippen molar-refractivity contribution in [3.63, 3.8) is 0 Å². The van der Waals surface area contributed by atoms with Crippen LogP contribution in [0.1, 0.15) is 23.8 Å². The van der Waals surface area contributed by atoms with Gasteiger partial charge in [-0.3, -0.25) is 0 Å². The third kappa shape index (κ3) is 1.76. The smallest absolute Gasteiger partial charge is 0.0482 e. The molecule has 1 aliphatic carbocycles. The van der Waals surface area contributed by atoms with Gasteiger partial charge >= 0.3 is 0 Å². The van der Waals surface area contributed by atoms with Gasteiger partial charge in [0.25, 0.3) is 0 Å². The Kier molecular flexibility index (Phi) is 2.98. The van der Waals surface area contributed by atoms with Gasteiger partial charge in [-0.1, -0.05) is 0 Å². The molecule has 0 amide bonds. The maximum Gasteiger partial charge on any atom is 0.0482 e. The fourth-order valence-corrected chi connectivity index (χ4v) is 3.70. The quantitative estimate of drug-likeness (QED) is 0.886. The van der Waals surface area contributed by atoms with Crippen molar-refractivity contribution in [2.75, 3.05) is 13.6 Å². The molecule has 0 bridgehead atoms. The van der Waals surface area contributed by atoms with Crippen molar-refractivity contribution in [1.29, 1.82) is 0 Å². The highest BCUT2D eigenvalue weighted by molar-refractivity contribution is 9.10. The third-order valence-corrected chi connectivity index (χ3v) is 4.83. The number of thiophene rings is 1. The van der Waals surface area contributed by atoms with Gasteiger partial charge in [0.15, 0.2) is 0 Å². The van der Waals surface area contributed by atoms with Gasteiger partial charge in [0.05, 0.1) is 0 Å². The molecule has 2 rings (SSSR count). The zero-order chi connectivity index (χ0) is 10.2. The first-order valence-electron chi connectivity index (χ1n) is 4.83. The lowest BCUT2D eigenvalue weighted by atomic mass is 9.95. The Morgan fingerprint density at radius 2 is 2.43 bits per heavy atom. The van der Waals surface area contributed by atoms with E-state index in [1.54, 1.807) is 11.3 Å². The van der Waals surface area contributed by atoms with E-state index >= 15 is 0 Å². The number of nitrogens with one attached hydrogen (secondary N) is 1. The second-order valence-corrected chi connectivity index (χ2v) is 5.81. The molecule has 0 aromatic carbocycles. The summed E-state index contributed by atoms with van der Waals surface area (Å²) in [6, 6.07) is 2.63. The summed E-state index contributed by atoms with van der Waals surface area (Å²) in [5, 5.41) is 5.53. The molecule has 78 valence electrons. The average Bonchev–Trinajstić information content (AvgIpc) is 2.86. The van der Waals surface area contributed by atoms with E-state index in [0.29, 0.717) is 11.5 Å². The van der Waals surface area contributed by atoms with E-state index in [-0.39, 0.29) is 0 Å². The molecule has 4 heteroatoms.